The van der Waals surface area contributed by atoms with Gasteiger partial charge in [-0.05, 0) is 12.5 Å². The van der Waals surface area contributed by atoms with E-state index in [4.69, 9.17) is 17.3 Å². The lowest BCUT2D eigenvalue weighted by molar-refractivity contribution is 1.30. The molecule has 0 aliphatic heterocycles. The van der Waals surface area contributed by atoms with E-state index in [0.29, 0.717) is 10.7 Å². The van der Waals surface area contributed by atoms with Gasteiger partial charge < -0.3 is 5.73 Å². The molecule has 1 rings (SSSR count). The highest BCUT2D eigenvalue weighted by atomic mass is 35.5. The Morgan fingerprint density at radius 3 is 3.11 bits per heavy atom. The van der Waals surface area contributed by atoms with Crippen LogP contribution in [0.25, 0.3) is 0 Å². The van der Waals surface area contributed by atoms with Crippen LogP contribution < -0.4 is 5.73 Å². The Hall–Kier alpha value is -0.690. The Morgan fingerprint density at radius 2 is 2.33 bits per heavy atom. The number of rotatable bonds is 0. The van der Waals surface area contributed by atoms with Gasteiger partial charge >= 0.3 is 0 Å². The maximum Gasteiger partial charge on any atom is 0.0632 e. The van der Waals surface area contributed by atoms with Crippen LogP contribution in [0.1, 0.15) is 6.42 Å². The van der Waals surface area contributed by atoms with Crippen LogP contribution in [0.2, 0.25) is 0 Å². The Kier molecular flexibility index (Phi) is 1.96. The van der Waals surface area contributed by atoms with E-state index < -0.39 is 0 Å². The van der Waals surface area contributed by atoms with Crippen LogP contribution in [-0.4, -0.2) is 0 Å². The number of hydrogen-bond acceptors (Lipinski definition) is 1. The van der Waals surface area contributed by atoms with Crippen LogP contribution in [0.3, 0.4) is 0 Å². The average molecular weight is 142 g/mol. The maximum atomic E-state index is 5.69. The summed E-state index contributed by atoms with van der Waals surface area (Å²) in [5, 5.41) is 0.628. The molecule has 0 bridgehead atoms. The van der Waals surface area contributed by atoms with Crippen LogP contribution in [0.4, 0.5) is 0 Å². The third-order valence-corrected chi connectivity index (χ3v) is 1.47. The fourth-order valence-corrected chi connectivity index (χ4v) is 0.770. The summed E-state index contributed by atoms with van der Waals surface area (Å²) in [6.07, 6.45) is 8.46. The molecular weight excluding hydrogens is 134 g/mol. The van der Waals surface area contributed by atoms with E-state index in [1.54, 1.807) is 6.08 Å². The van der Waals surface area contributed by atoms with E-state index in [1.807, 2.05) is 18.2 Å². The molecule has 2 N–H and O–H groups in total. The van der Waals surface area contributed by atoms with E-state index in [-0.39, 0.29) is 0 Å². The van der Waals surface area contributed by atoms with Gasteiger partial charge in [0.25, 0.3) is 0 Å². The lowest BCUT2D eigenvalue weighted by atomic mass is 10.3. The molecule has 0 fully saturated rings. The lowest BCUT2D eigenvalue weighted by Crippen LogP contribution is -1.95. The summed E-state index contributed by atoms with van der Waals surface area (Å²) >= 11 is 5.69. The topological polar surface area (TPSA) is 26.0 Å². The van der Waals surface area contributed by atoms with Crippen molar-refractivity contribution in [3.05, 3.63) is 35.0 Å². The molecular formula is C7H8ClN. The normalized spacial score (nSPS) is 18.3. The van der Waals surface area contributed by atoms with Crippen molar-refractivity contribution in [2.45, 2.75) is 6.42 Å². The van der Waals surface area contributed by atoms with Crippen molar-refractivity contribution in [2.24, 2.45) is 5.73 Å². The highest BCUT2D eigenvalue weighted by Gasteiger charge is 1.94. The molecule has 1 nitrogen and oxygen atoms in total. The Labute approximate surface area is 59.5 Å². The van der Waals surface area contributed by atoms with Gasteiger partial charge in [-0.3, -0.25) is 0 Å². The Balaban J connectivity index is 2.85. The molecule has 0 aromatic rings. The fraction of sp³-hybridized carbons (Fsp3) is 0.143. The summed E-state index contributed by atoms with van der Waals surface area (Å²) in [4.78, 5) is 0. The minimum atomic E-state index is 0.628. The van der Waals surface area contributed by atoms with Gasteiger partial charge in [0.15, 0.2) is 0 Å². The first-order chi connectivity index (χ1) is 4.30. The number of hydrogen-bond donors (Lipinski definition) is 1. The van der Waals surface area contributed by atoms with Crippen LogP contribution in [0, 0.1) is 0 Å². The molecule has 0 aromatic carbocycles. The molecule has 0 amide bonds. The van der Waals surface area contributed by atoms with Crippen molar-refractivity contribution < 1.29 is 0 Å². The van der Waals surface area contributed by atoms with Gasteiger partial charge in [-0.1, -0.05) is 29.8 Å². The maximum absolute atomic E-state index is 5.69. The van der Waals surface area contributed by atoms with Gasteiger partial charge in [-0.2, -0.15) is 0 Å². The second-order valence-electron chi connectivity index (χ2n) is 1.84. The molecule has 0 saturated carbocycles. The molecule has 0 atom stereocenters. The van der Waals surface area contributed by atoms with Crippen molar-refractivity contribution in [1.82, 2.24) is 0 Å². The Bertz CT molecular complexity index is 189. The first-order valence-corrected chi connectivity index (χ1v) is 3.17. The molecule has 1 aliphatic carbocycles. The summed E-state index contributed by atoms with van der Waals surface area (Å²) in [6.45, 7) is 0. The van der Waals surface area contributed by atoms with Gasteiger partial charge in [0.2, 0.25) is 0 Å². The molecule has 0 spiro atoms. The summed E-state index contributed by atoms with van der Waals surface area (Å²) in [7, 11) is 0. The van der Waals surface area contributed by atoms with Gasteiger partial charge in [0, 0.05) is 5.70 Å². The largest absolute Gasteiger partial charge is 0.398 e. The number of allylic oxidation sites excluding steroid dienone is 5. The van der Waals surface area contributed by atoms with Crippen LogP contribution >= 0.6 is 11.6 Å². The molecule has 0 aromatic heterocycles. The van der Waals surface area contributed by atoms with Gasteiger partial charge in [0.05, 0.1) is 5.03 Å². The zero-order chi connectivity index (χ0) is 6.69. The van der Waals surface area contributed by atoms with Crippen molar-refractivity contribution >= 4 is 11.6 Å². The van der Waals surface area contributed by atoms with Gasteiger partial charge in [-0.15, -0.1) is 0 Å². The fourth-order valence-electron chi connectivity index (χ4n) is 0.620. The molecule has 0 radical (unpaired) electrons. The second-order valence-corrected chi connectivity index (χ2v) is 2.25. The molecule has 1 aliphatic rings. The van der Waals surface area contributed by atoms with Crippen molar-refractivity contribution in [3.8, 4) is 0 Å². The molecule has 0 heterocycles. The summed E-state index contributed by atoms with van der Waals surface area (Å²) < 4.78 is 0. The lowest BCUT2D eigenvalue weighted by Gasteiger charge is -1.92. The molecule has 2 heteroatoms. The molecule has 9 heavy (non-hydrogen) atoms. The monoisotopic (exact) mass is 141 g/mol. The van der Waals surface area contributed by atoms with E-state index in [2.05, 4.69) is 0 Å². The summed E-state index contributed by atoms with van der Waals surface area (Å²) in [6, 6.07) is 0. The van der Waals surface area contributed by atoms with Crippen molar-refractivity contribution in [1.29, 1.82) is 0 Å². The highest BCUT2D eigenvalue weighted by Crippen LogP contribution is 2.12. The van der Waals surface area contributed by atoms with Gasteiger partial charge in [-0.25, -0.2) is 0 Å². The van der Waals surface area contributed by atoms with Crippen LogP contribution in [0.5, 0.6) is 0 Å². The third-order valence-electron chi connectivity index (χ3n) is 1.13. The zero-order valence-corrected chi connectivity index (χ0v) is 5.73. The van der Waals surface area contributed by atoms with E-state index in [9.17, 15) is 0 Å². The van der Waals surface area contributed by atoms with E-state index in [0.717, 1.165) is 6.42 Å². The number of nitrogens with two attached hydrogens (primary N) is 1. The molecule has 0 saturated heterocycles. The van der Waals surface area contributed by atoms with Crippen molar-refractivity contribution in [2.75, 3.05) is 0 Å². The minimum absolute atomic E-state index is 0.628. The quantitative estimate of drug-likeness (QED) is 0.548. The smallest absolute Gasteiger partial charge is 0.0632 e. The zero-order valence-electron chi connectivity index (χ0n) is 4.97. The third kappa shape index (κ3) is 1.61. The first kappa shape index (κ1) is 6.43. The highest BCUT2D eigenvalue weighted by molar-refractivity contribution is 6.32. The van der Waals surface area contributed by atoms with Crippen molar-refractivity contribution in [3.63, 3.8) is 0 Å². The van der Waals surface area contributed by atoms with E-state index >= 15 is 0 Å². The first-order valence-electron chi connectivity index (χ1n) is 2.79. The Morgan fingerprint density at radius 1 is 1.56 bits per heavy atom. The second kappa shape index (κ2) is 2.74. The van der Waals surface area contributed by atoms with Gasteiger partial charge in [0.1, 0.15) is 0 Å². The van der Waals surface area contributed by atoms with Crippen LogP contribution in [0.15, 0.2) is 35.0 Å². The molecule has 48 valence electrons. The predicted octanol–water partition coefficient (Wildman–Crippen LogP) is 1.91. The minimum Gasteiger partial charge on any atom is -0.398 e. The number of halogens is 1. The van der Waals surface area contributed by atoms with E-state index in [1.165, 1.54) is 0 Å². The average Bonchev–Trinajstić information content (AvgIpc) is 1.99. The van der Waals surface area contributed by atoms with Crippen LogP contribution in [-0.2, 0) is 0 Å². The predicted molar refractivity (Wildman–Crippen MR) is 40.0 cm³/mol. The SMILES string of the molecule is NC1=CCC=CC=C1Cl. The summed E-state index contributed by atoms with van der Waals surface area (Å²) in [5.41, 5.74) is 6.17. The summed E-state index contributed by atoms with van der Waals surface area (Å²) in [5.74, 6) is 0. The standard InChI is InChI=1S/C7H8ClN/c8-6-4-2-1-3-5-7(6)9/h1-2,4-5H,3,9H2. The molecule has 0 unspecified atom stereocenters.